The van der Waals surface area contributed by atoms with Crippen molar-refractivity contribution >= 4 is 35.0 Å². The Labute approximate surface area is 167 Å². The highest BCUT2D eigenvalue weighted by Gasteiger charge is 2.32. The van der Waals surface area contributed by atoms with Gasteiger partial charge in [0.05, 0.1) is 23.5 Å². The molecule has 0 saturated carbocycles. The van der Waals surface area contributed by atoms with Crippen LogP contribution in [0, 0.1) is 6.92 Å². The number of nitrogens with zero attached hydrogens (tertiary/aromatic N) is 2. The maximum absolute atomic E-state index is 12.8. The Morgan fingerprint density at radius 3 is 2.71 bits per heavy atom. The lowest BCUT2D eigenvalue weighted by Gasteiger charge is -2.35. The van der Waals surface area contributed by atoms with Crippen LogP contribution in [0.1, 0.15) is 46.8 Å². The number of rotatable bonds is 3. The lowest BCUT2D eigenvalue weighted by molar-refractivity contribution is -0.145. The number of aromatic nitrogens is 1. The first-order chi connectivity index (χ1) is 13.4. The van der Waals surface area contributed by atoms with Crippen LogP contribution < -0.4 is 11.1 Å². The van der Waals surface area contributed by atoms with Crippen molar-refractivity contribution in [3.8, 4) is 0 Å². The number of benzene rings is 1. The van der Waals surface area contributed by atoms with Crippen LogP contribution in [0.4, 0.5) is 5.69 Å². The second-order valence-electron chi connectivity index (χ2n) is 6.80. The van der Waals surface area contributed by atoms with Crippen LogP contribution in [-0.4, -0.2) is 34.2 Å². The lowest BCUT2D eigenvalue weighted by Crippen LogP contribution is -2.44. The van der Waals surface area contributed by atoms with E-state index in [1.807, 2.05) is 25.1 Å². The number of piperidine rings is 1. The van der Waals surface area contributed by atoms with Gasteiger partial charge in [0.15, 0.2) is 0 Å². The Morgan fingerprint density at radius 1 is 1.21 bits per heavy atom. The molecule has 0 unspecified atom stereocenters. The summed E-state index contributed by atoms with van der Waals surface area (Å²) in [5.74, 6) is -2.08. The molecule has 1 aliphatic heterocycles. The van der Waals surface area contributed by atoms with Crippen molar-refractivity contribution in [2.45, 2.75) is 32.2 Å². The summed E-state index contributed by atoms with van der Waals surface area (Å²) in [6, 6.07) is 6.88. The van der Waals surface area contributed by atoms with E-state index in [0.717, 1.165) is 30.4 Å². The van der Waals surface area contributed by atoms with E-state index in [-0.39, 0.29) is 17.3 Å². The number of hydrogen-bond acceptors (Lipinski definition) is 4. The van der Waals surface area contributed by atoms with Gasteiger partial charge in [-0.2, -0.15) is 0 Å². The van der Waals surface area contributed by atoms with Crippen LogP contribution in [0.3, 0.4) is 0 Å². The van der Waals surface area contributed by atoms with Crippen molar-refractivity contribution in [3.63, 3.8) is 0 Å². The summed E-state index contributed by atoms with van der Waals surface area (Å²) in [6.45, 7) is 2.40. The summed E-state index contributed by atoms with van der Waals surface area (Å²) in [7, 11) is 0. The molecule has 1 aliphatic rings. The Kier molecular flexibility index (Phi) is 5.94. The van der Waals surface area contributed by atoms with Gasteiger partial charge in [0.25, 0.3) is 0 Å². The van der Waals surface area contributed by atoms with E-state index in [0.29, 0.717) is 11.6 Å². The molecule has 3 rings (SSSR count). The highest BCUT2D eigenvalue weighted by Crippen LogP contribution is 2.33. The molecule has 1 atom stereocenters. The molecule has 0 radical (unpaired) electrons. The highest BCUT2D eigenvalue weighted by molar-refractivity contribution is 6.39. The first-order valence-electron chi connectivity index (χ1n) is 8.99. The van der Waals surface area contributed by atoms with Gasteiger partial charge in [-0.15, -0.1) is 0 Å². The number of amides is 3. The summed E-state index contributed by atoms with van der Waals surface area (Å²) in [4.78, 5) is 42.0. The van der Waals surface area contributed by atoms with Crippen molar-refractivity contribution in [2.75, 3.05) is 11.9 Å². The molecular weight excluding hydrogens is 380 g/mol. The maximum Gasteiger partial charge on any atom is 0.313 e. The molecule has 0 spiro atoms. The first-order valence-corrected chi connectivity index (χ1v) is 9.37. The molecule has 7 nitrogen and oxygen atoms in total. The number of hydrogen-bond donors (Lipinski definition) is 2. The van der Waals surface area contributed by atoms with Gasteiger partial charge in [-0.25, -0.2) is 0 Å². The van der Waals surface area contributed by atoms with E-state index < -0.39 is 17.7 Å². The van der Waals surface area contributed by atoms with Gasteiger partial charge in [0.1, 0.15) is 0 Å². The molecule has 8 heteroatoms. The fourth-order valence-corrected chi connectivity index (χ4v) is 3.48. The Morgan fingerprint density at radius 2 is 2.00 bits per heavy atom. The summed E-state index contributed by atoms with van der Waals surface area (Å²) < 4.78 is 0. The zero-order valence-corrected chi connectivity index (χ0v) is 16.2. The summed E-state index contributed by atoms with van der Waals surface area (Å²) in [5.41, 5.74) is 7.47. The van der Waals surface area contributed by atoms with E-state index >= 15 is 0 Å². The molecule has 1 saturated heterocycles. The van der Waals surface area contributed by atoms with Crippen molar-refractivity contribution in [3.05, 3.63) is 58.4 Å². The zero-order chi connectivity index (χ0) is 20.3. The van der Waals surface area contributed by atoms with Crippen molar-refractivity contribution in [1.29, 1.82) is 0 Å². The van der Waals surface area contributed by atoms with Crippen molar-refractivity contribution in [2.24, 2.45) is 5.73 Å². The van der Waals surface area contributed by atoms with Crippen molar-refractivity contribution in [1.82, 2.24) is 9.88 Å². The van der Waals surface area contributed by atoms with Crippen molar-refractivity contribution < 1.29 is 14.4 Å². The van der Waals surface area contributed by atoms with E-state index in [1.54, 1.807) is 4.90 Å². The second-order valence-corrected chi connectivity index (χ2v) is 7.21. The van der Waals surface area contributed by atoms with Gasteiger partial charge >= 0.3 is 11.8 Å². The van der Waals surface area contributed by atoms with Gasteiger partial charge in [0, 0.05) is 17.8 Å². The fourth-order valence-electron chi connectivity index (χ4n) is 3.30. The molecule has 0 aliphatic carbocycles. The van der Waals surface area contributed by atoms with E-state index in [2.05, 4.69) is 10.3 Å². The predicted octanol–water partition coefficient (Wildman–Crippen LogP) is 2.83. The lowest BCUT2D eigenvalue weighted by atomic mass is 9.94. The molecular formula is C20H21ClN4O3. The van der Waals surface area contributed by atoms with Gasteiger partial charge < -0.3 is 16.0 Å². The zero-order valence-electron chi connectivity index (χ0n) is 15.4. The Balaban J connectivity index is 1.78. The number of primary amides is 1. The molecule has 1 aromatic carbocycles. The molecule has 28 heavy (non-hydrogen) atoms. The monoisotopic (exact) mass is 400 g/mol. The van der Waals surface area contributed by atoms with Crippen LogP contribution in [0.5, 0.6) is 0 Å². The van der Waals surface area contributed by atoms with Gasteiger partial charge in [-0.1, -0.05) is 23.7 Å². The molecule has 146 valence electrons. The molecule has 2 heterocycles. The Hall–Kier alpha value is -2.93. The molecule has 0 bridgehead atoms. The minimum atomic E-state index is -0.784. The summed E-state index contributed by atoms with van der Waals surface area (Å²) >= 11 is 6.24. The molecule has 1 aromatic heterocycles. The van der Waals surface area contributed by atoms with Crippen LogP contribution in [-0.2, 0) is 9.59 Å². The van der Waals surface area contributed by atoms with Gasteiger partial charge in [-0.3, -0.25) is 19.4 Å². The maximum atomic E-state index is 12.8. The summed E-state index contributed by atoms with van der Waals surface area (Å²) in [6.07, 6.45) is 5.20. The normalized spacial score (nSPS) is 16.5. The number of likely N-dealkylation sites (tertiary alicyclic amines) is 1. The highest BCUT2D eigenvalue weighted by atomic mass is 35.5. The largest absolute Gasteiger partial charge is 0.366 e. The van der Waals surface area contributed by atoms with Gasteiger partial charge in [-0.05, 0) is 49.4 Å². The van der Waals surface area contributed by atoms with E-state index in [4.69, 9.17) is 17.3 Å². The van der Waals surface area contributed by atoms with Crippen LogP contribution in [0.2, 0.25) is 5.02 Å². The number of carbonyl (C=O) groups is 3. The van der Waals surface area contributed by atoms with E-state index in [9.17, 15) is 14.4 Å². The quantitative estimate of drug-likeness (QED) is 0.772. The van der Waals surface area contributed by atoms with E-state index in [1.165, 1.54) is 18.5 Å². The topological polar surface area (TPSA) is 105 Å². The van der Waals surface area contributed by atoms with Gasteiger partial charge in [0.2, 0.25) is 5.91 Å². The minimum absolute atomic E-state index is 0.149. The number of anilines is 1. The molecule has 2 aromatic rings. The number of nitrogens with two attached hydrogens (primary N) is 1. The standard InChI is InChI=1S/C20H21ClN4O3/c1-12-5-6-13(9-16(12)21)17-4-2-3-7-25(17)20(28)19(27)24-15-8-14(18(22)26)10-23-11-15/h5-6,8-11,17H,2-4,7H2,1H3,(H2,22,26)(H,24,27)/t17-/m0/s1. The molecule has 3 N–H and O–H groups in total. The number of pyridine rings is 1. The smallest absolute Gasteiger partial charge is 0.313 e. The molecule has 1 fully saturated rings. The summed E-state index contributed by atoms with van der Waals surface area (Å²) in [5, 5.41) is 3.13. The third-order valence-corrected chi connectivity index (χ3v) is 5.23. The predicted molar refractivity (Wildman–Crippen MR) is 106 cm³/mol. The average molecular weight is 401 g/mol. The number of halogens is 1. The third-order valence-electron chi connectivity index (χ3n) is 4.82. The number of aryl methyl sites for hydroxylation is 1. The average Bonchev–Trinajstić information content (AvgIpc) is 2.69. The number of carbonyl (C=O) groups excluding carboxylic acids is 3. The van der Waals surface area contributed by atoms with Crippen LogP contribution in [0.25, 0.3) is 0 Å². The fraction of sp³-hybridized carbons (Fsp3) is 0.300. The Bertz CT molecular complexity index is 931. The third kappa shape index (κ3) is 4.31. The van der Waals surface area contributed by atoms with Crippen LogP contribution >= 0.6 is 11.6 Å². The minimum Gasteiger partial charge on any atom is -0.366 e. The second kappa shape index (κ2) is 8.39. The first kappa shape index (κ1) is 19.8. The SMILES string of the molecule is Cc1ccc([C@@H]2CCCCN2C(=O)C(=O)Nc2cncc(C(N)=O)c2)cc1Cl. The molecule has 3 amide bonds. The van der Waals surface area contributed by atoms with Crippen LogP contribution in [0.15, 0.2) is 36.7 Å². The number of nitrogens with one attached hydrogen (secondary N) is 1.